The van der Waals surface area contributed by atoms with Gasteiger partial charge in [0.25, 0.3) is 0 Å². The van der Waals surface area contributed by atoms with E-state index in [1.54, 1.807) is 7.11 Å². The summed E-state index contributed by atoms with van der Waals surface area (Å²) >= 11 is 6.02. The summed E-state index contributed by atoms with van der Waals surface area (Å²) in [6.45, 7) is 4.57. The Hall–Kier alpha value is -2.45. The number of methoxy groups -OCH3 is 1. The lowest BCUT2D eigenvalue weighted by Gasteiger charge is -2.25. The number of benzene rings is 3. The molecule has 146 valence electrons. The smallest absolute Gasteiger partial charge is 0.131 e. The van der Waals surface area contributed by atoms with E-state index in [1.807, 2.05) is 48.5 Å². The molecule has 0 bridgehead atoms. The van der Waals surface area contributed by atoms with E-state index in [4.69, 9.17) is 21.1 Å². The Bertz CT molecular complexity index is 886. The third kappa shape index (κ3) is 5.53. The van der Waals surface area contributed by atoms with Gasteiger partial charge in [-0.15, -0.1) is 0 Å². The molecule has 0 fully saturated rings. The first-order chi connectivity index (χ1) is 13.5. The van der Waals surface area contributed by atoms with E-state index in [2.05, 4.69) is 38.1 Å². The molecule has 0 aliphatic heterocycles. The quantitative estimate of drug-likeness (QED) is 0.395. The van der Waals surface area contributed by atoms with Crippen LogP contribution in [0.25, 0.3) is 0 Å². The number of aryl methyl sites for hydroxylation is 1. The van der Waals surface area contributed by atoms with Crippen LogP contribution in [0.4, 0.5) is 0 Å². The van der Waals surface area contributed by atoms with Crippen LogP contribution in [0, 0.1) is 0 Å². The molecule has 0 aliphatic carbocycles. The third-order valence-corrected chi connectivity index (χ3v) is 5.30. The molecule has 0 heterocycles. The molecule has 3 rings (SSSR count). The molecular formula is C25H27ClO2. The Morgan fingerprint density at radius 3 is 2.18 bits per heavy atom. The molecule has 3 aromatic carbocycles. The fourth-order valence-corrected chi connectivity index (χ4v) is 3.48. The van der Waals surface area contributed by atoms with Crippen LogP contribution in [0.3, 0.4) is 0 Å². The second kappa shape index (κ2) is 9.16. The zero-order chi connectivity index (χ0) is 20.0. The highest BCUT2D eigenvalue weighted by molar-refractivity contribution is 6.30. The van der Waals surface area contributed by atoms with Crippen molar-refractivity contribution < 1.29 is 9.47 Å². The Balaban J connectivity index is 1.66. The van der Waals surface area contributed by atoms with E-state index in [1.165, 1.54) is 11.1 Å². The van der Waals surface area contributed by atoms with Gasteiger partial charge in [0.05, 0.1) is 7.11 Å². The molecule has 3 heteroatoms. The molecule has 0 saturated carbocycles. The molecule has 0 aromatic heterocycles. The maximum atomic E-state index is 6.02. The number of halogens is 1. The van der Waals surface area contributed by atoms with Crippen molar-refractivity contribution in [3.8, 4) is 17.2 Å². The zero-order valence-corrected chi connectivity index (χ0v) is 17.5. The highest BCUT2D eigenvalue weighted by Crippen LogP contribution is 2.32. The summed E-state index contributed by atoms with van der Waals surface area (Å²) in [5, 5.41) is 0.780. The van der Waals surface area contributed by atoms with Gasteiger partial charge in [-0.3, -0.25) is 0 Å². The maximum Gasteiger partial charge on any atom is 0.131 e. The minimum Gasteiger partial charge on any atom is -0.497 e. The molecule has 0 aliphatic rings. The molecule has 2 nitrogen and oxygen atoms in total. The van der Waals surface area contributed by atoms with Gasteiger partial charge in [-0.25, -0.2) is 0 Å². The lowest BCUT2D eigenvalue weighted by atomic mass is 9.80. The van der Waals surface area contributed by atoms with Crippen molar-refractivity contribution in [3.05, 3.63) is 88.9 Å². The van der Waals surface area contributed by atoms with Crippen molar-refractivity contribution in [2.75, 3.05) is 7.11 Å². The Morgan fingerprint density at radius 1 is 0.821 bits per heavy atom. The molecule has 0 unspecified atom stereocenters. The fraction of sp³-hybridized carbons (Fsp3) is 0.280. The number of ether oxygens (including phenoxy) is 2. The van der Waals surface area contributed by atoms with Gasteiger partial charge in [0.2, 0.25) is 0 Å². The topological polar surface area (TPSA) is 18.5 Å². The first-order valence-electron chi connectivity index (χ1n) is 9.63. The number of para-hydroxylation sites is 1. The molecule has 0 N–H and O–H groups in total. The van der Waals surface area contributed by atoms with Crippen LogP contribution in [0.1, 0.15) is 37.8 Å². The summed E-state index contributed by atoms with van der Waals surface area (Å²) < 4.78 is 11.5. The summed E-state index contributed by atoms with van der Waals surface area (Å²) in [7, 11) is 1.69. The van der Waals surface area contributed by atoms with Gasteiger partial charge in [0, 0.05) is 11.1 Å². The SMILES string of the molecule is COc1cc(CCCC(C)(C)c2ccc(Cl)cc2)cc(Oc2ccccc2)c1. The monoisotopic (exact) mass is 394 g/mol. The Labute approximate surface area is 173 Å². The minimum absolute atomic E-state index is 0.104. The lowest BCUT2D eigenvalue weighted by molar-refractivity contribution is 0.407. The molecule has 0 radical (unpaired) electrons. The molecule has 0 atom stereocenters. The Kier molecular flexibility index (Phi) is 6.64. The molecule has 28 heavy (non-hydrogen) atoms. The molecule has 3 aromatic rings. The first kappa shape index (κ1) is 20.3. The summed E-state index contributed by atoms with van der Waals surface area (Å²) in [5.41, 5.74) is 2.64. The summed E-state index contributed by atoms with van der Waals surface area (Å²) in [6, 6.07) is 24.1. The van der Waals surface area contributed by atoms with Gasteiger partial charge >= 0.3 is 0 Å². The largest absolute Gasteiger partial charge is 0.497 e. The van der Waals surface area contributed by atoms with E-state index < -0.39 is 0 Å². The number of hydrogen-bond acceptors (Lipinski definition) is 2. The van der Waals surface area contributed by atoms with Gasteiger partial charge in [-0.1, -0.05) is 55.8 Å². The zero-order valence-electron chi connectivity index (χ0n) is 16.7. The van der Waals surface area contributed by atoms with Crippen molar-refractivity contribution in [2.45, 2.75) is 38.5 Å². The normalized spacial score (nSPS) is 11.3. The van der Waals surface area contributed by atoms with Gasteiger partial charge in [0.1, 0.15) is 17.2 Å². The van der Waals surface area contributed by atoms with Crippen LogP contribution in [-0.2, 0) is 11.8 Å². The van der Waals surface area contributed by atoms with Gasteiger partial charge in [0.15, 0.2) is 0 Å². The van der Waals surface area contributed by atoms with Crippen molar-refractivity contribution >= 4 is 11.6 Å². The fourth-order valence-electron chi connectivity index (χ4n) is 3.36. The average molecular weight is 395 g/mol. The average Bonchev–Trinajstić information content (AvgIpc) is 2.69. The van der Waals surface area contributed by atoms with E-state index >= 15 is 0 Å². The van der Waals surface area contributed by atoms with Crippen LogP contribution < -0.4 is 9.47 Å². The first-order valence-corrected chi connectivity index (χ1v) is 10.0. The number of rotatable bonds is 8. The van der Waals surface area contributed by atoms with Gasteiger partial charge < -0.3 is 9.47 Å². The second-order valence-corrected chi connectivity index (χ2v) is 8.11. The van der Waals surface area contributed by atoms with E-state index in [0.29, 0.717) is 0 Å². The summed E-state index contributed by atoms with van der Waals surface area (Å²) in [5.74, 6) is 2.45. The number of hydrogen-bond donors (Lipinski definition) is 0. The molecule has 0 spiro atoms. The maximum absolute atomic E-state index is 6.02. The van der Waals surface area contributed by atoms with Gasteiger partial charge in [-0.05, 0) is 72.2 Å². The van der Waals surface area contributed by atoms with Crippen LogP contribution >= 0.6 is 11.6 Å². The second-order valence-electron chi connectivity index (χ2n) is 7.68. The summed E-state index contributed by atoms with van der Waals surface area (Å²) in [4.78, 5) is 0. The van der Waals surface area contributed by atoms with Crippen LogP contribution in [0.2, 0.25) is 5.02 Å². The molecule has 0 saturated heterocycles. The predicted octanol–water partition coefficient (Wildman–Crippen LogP) is 7.44. The Morgan fingerprint density at radius 2 is 1.50 bits per heavy atom. The summed E-state index contributed by atoms with van der Waals surface area (Å²) in [6.07, 6.45) is 3.13. The molecule has 0 amide bonds. The lowest BCUT2D eigenvalue weighted by Crippen LogP contribution is -2.17. The van der Waals surface area contributed by atoms with E-state index in [0.717, 1.165) is 41.5 Å². The third-order valence-electron chi connectivity index (χ3n) is 5.05. The van der Waals surface area contributed by atoms with Crippen LogP contribution in [-0.4, -0.2) is 7.11 Å². The minimum atomic E-state index is 0.104. The van der Waals surface area contributed by atoms with Crippen LogP contribution in [0.5, 0.6) is 17.2 Å². The van der Waals surface area contributed by atoms with Crippen molar-refractivity contribution in [1.82, 2.24) is 0 Å². The molecular weight excluding hydrogens is 368 g/mol. The van der Waals surface area contributed by atoms with Crippen molar-refractivity contribution in [1.29, 1.82) is 0 Å². The van der Waals surface area contributed by atoms with Crippen molar-refractivity contribution in [3.63, 3.8) is 0 Å². The van der Waals surface area contributed by atoms with Gasteiger partial charge in [-0.2, -0.15) is 0 Å². The standard InChI is InChI=1S/C25H27ClO2/c1-25(2,20-11-13-21(26)14-12-20)15-7-8-19-16-23(27-3)18-24(17-19)28-22-9-5-4-6-10-22/h4-6,9-14,16-18H,7-8,15H2,1-3H3. The van der Waals surface area contributed by atoms with Crippen molar-refractivity contribution in [2.24, 2.45) is 0 Å². The highest BCUT2D eigenvalue weighted by atomic mass is 35.5. The van der Waals surface area contributed by atoms with Crippen LogP contribution in [0.15, 0.2) is 72.8 Å². The predicted molar refractivity (Wildman–Crippen MR) is 117 cm³/mol. The van der Waals surface area contributed by atoms with E-state index in [-0.39, 0.29) is 5.41 Å². The highest BCUT2D eigenvalue weighted by Gasteiger charge is 2.20. The van der Waals surface area contributed by atoms with E-state index in [9.17, 15) is 0 Å².